The second-order valence-electron chi connectivity index (χ2n) is 8.29. The van der Waals surface area contributed by atoms with Crippen LogP contribution in [0.2, 0.25) is 0 Å². The molecule has 1 amide bonds. The third-order valence-corrected chi connectivity index (χ3v) is 6.48. The van der Waals surface area contributed by atoms with E-state index in [2.05, 4.69) is 4.98 Å². The summed E-state index contributed by atoms with van der Waals surface area (Å²) < 4.78 is 45.7. The summed E-state index contributed by atoms with van der Waals surface area (Å²) in [6.45, 7) is 0.437. The molecular formula is C25H26ClF3N2O2. The summed E-state index contributed by atoms with van der Waals surface area (Å²) >= 11 is 5.74. The summed E-state index contributed by atoms with van der Waals surface area (Å²) in [5, 5.41) is 0.968. The smallest absolute Gasteiger partial charge is 0.416 e. The number of alkyl halides is 4. The van der Waals surface area contributed by atoms with Crippen LogP contribution in [-0.2, 0) is 17.4 Å². The zero-order valence-electron chi connectivity index (χ0n) is 18.3. The van der Waals surface area contributed by atoms with E-state index >= 15 is 0 Å². The molecule has 1 aromatic heterocycles. The van der Waals surface area contributed by atoms with E-state index in [1.165, 1.54) is 6.07 Å². The number of hydrogen-bond donors (Lipinski definition) is 1. The first kappa shape index (κ1) is 23.5. The van der Waals surface area contributed by atoms with Gasteiger partial charge in [-0.15, -0.1) is 11.6 Å². The van der Waals surface area contributed by atoms with Crippen molar-refractivity contribution in [2.45, 2.75) is 44.3 Å². The van der Waals surface area contributed by atoms with Gasteiger partial charge in [0.25, 0.3) is 0 Å². The van der Waals surface area contributed by atoms with E-state index in [0.717, 1.165) is 47.1 Å². The summed E-state index contributed by atoms with van der Waals surface area (Å²) in [4.78, 5) is 18.3. The van der Waals surface area contributed by atoms with Crippen LogP contribution in [0.5, 0.6) is 5.75 Å². The highest BCUT2D eigenvalue weighted by Crippen LogP contribution is 2.41. The van der Waals surface area contributed by atoms with Crippen LogP contribution in [0.15, 0.2) is 42.5 Å². The number of aromatic nitrogens is 1. The molecule has 4 nitrogen and oxygen atoms in total. The van der Waals surface area contributed by atoms with Crippen LogP contribution >= 0.6 is 11.6 Å². The van der Waals surface area contributed by atoms with Gasteiger partial charge in [0.05, 0.1) is 18.7 Å². The molecule has 0 bridgehead atoms. The Kier molecular flexibility index (Phi) is 6.88. The predicted molar refractivity (Wildman–Crippen MR) is 123 cm³/mol. The molecule has 176 valence electrons. The van der Waals surface area contributed by atoms with Gasteiger partial charge < -0.3 is 14.6 Å². The molecule has 3 aromatic rings. The highest BCUT2D eigenvalue weighted by atomic mass is 35.5. The Morgan fingerprint density at radius 2 is 2.00 bits per heavy atom. The van der Waals surface area contributed by atoms with Crippen molar-refractivity contribution in [3.05, 3.63) is 64.8 Å². The molecule has 0 saturated heterocycles. The number of aromatic amines is 1. The molecule has 0 unspecified atom stereocenters. The molecule has 2 aromatic carbocycles. The lowest BCUT2D eigenvalue weighted by atomic mass is 9.91. The van der Waals surface area contributed by atoms with Gasteiger partial charge in [-0.25, -0.2) is 0 Å². The van der Waals surface area contributed by atoms with Crippen molar-refractivity contribution >= 4 is 28.4 Å². The molecule has 0 saturated carbocycles. The third kappa shape index (κ3) is 4.83. The van der Waals surface area contributed by atoms with Crippen molar-refractivity contribution in [2.24, 2.45) is 0 Å². The summed E-state index contributed by atoms with van der Waals surface area (Å²) in [7, 11) is 1.59. The van der Waals surface area contributed by atoms with Gasteiger partial charge in [-0.05, 0) is 60.7 Å². The lowest BCUT2D eigenvalue weighted by molar-refractivity contribution is -0.137. The number of rotatable bonds is 7. The Hall–Kier alpha value is -2.67. The Balaban J connectivity index is 1.78. The first-order valence-corrected chi connectivity index (χ1v) is 11.6. The highest BCUT2D eigenvalue weighted by Gasteiger charge is 2.36. The molecule has 8 heteroatoms. The Bertz CT molecular complexity index is 1140. The number of nitrogens with one attached hydrogen (secondary N) is 1. The van der Waals surface area contributed by atoms with Crippen LogP contribution in [0.4, 0.5) is 13.2 Å². The van der Waals surface area contributed by atoms with Gasteiger partial charge >= 0.3 is 6.18 Å². The lowest BCUT2D eigenvalue weighted by Gasteiger charge is -2.36. The molecule has 4 rings (SSSR count). The third-order valence-electron chi connectivity index (χ3n) is 6.21. The van der Waals surface area contributed by atoms with E-state index in [4.69, 9.17) is 16.3 Å². The van der Waals surface area contributed by atoms with Crippen LogP contribution in [0.25, 0.3) is 10.9 Å². The fourth-order valence-corrected chi connectivity index (χ4v) is 4.78. The number of carbonyl (C=O) groups excluding carboxylic acids is 1. The van der Waals surface area contributed by atoms with Gasteiger partial charge in [0.2, 0.25) is 5.91 Å². The van der Waals surface area contributed by atoms with Gasteiger partial charge in [0.1, 0.15) is 5.75 Å². The predicted octanol–water partition coefficient (Wildman–Crippen LogP) is 6.47. The minimum atomic E-state index is -4.46. The first-order valence-electron chi connectivity index (χ1n) is 11.0. The average molecular weight is 479 g/mol. The first-order chi connectivity index (χ1) is 15.8. The molecule has 1 aliphatic heterocycles. The largest absolute Gasteiger partial charge is 0.497 e. The van der Waals surface area contributed by atoms with Gasteiger partial charge in [-0.3, -0.25) is 4.79 Å². The second-order valence-corrected chi connectivity index (χ2v) is 8.67. The van der Waals surface area contributed by atoms with Gasteiger partial charge in [0, 0.05) is 35.4 Å². The number of halogens is 4. The van der Waals surface area contributed by atoms with E-state index in [-0.39, 0.29) is 5.91 Å². The fourth-order valence-electron chi connectivity index (χ4n) is 4.59. The van der Waals surface area contributed by atoms with E-state index in [1.54, 1.807) is 18.1 Å². The normalized spacial score (nSPS) is 16.2. The van der Waals surface area contributed by atoms with Crippen LogP contribution in [0, 0.1) is 0 Å². The number of hydrogen-bond acceptors (Lipinski definition) is 2. The van der Waals surface area contributed by atoms with E-state index in [9.17, 15) is 18.0 Å². The zero-order chi connectivity index (χ0) is 23.6. The molecule has 0 radical (unpaired) electrons. The summed E-state index contributed by atoms with van der Waals surface area (Å²) in [6.07, 6.45) is -1.12. The summed E-state index contributed by atoms with van der Waals surface area (Å²) in [5.41, 5.74) is 2.36. The topological polar surface area (TPSA) is 45.3 Å². The minimum Gasteiger partial charge on any atom is -0.497 e. The Labute approximate surface area is 195 Å². The van der Waals surface area contributed by atoms with Crippen molar-refractivity contribution in [3.8, 4) is 5.75 Å². The number of amides is 1. The van der Waals surface area contributed by atoms with Crippen LogP contribution < -0.4 is 4.74 Å². The maximum Gasteiger partial charge on any atom is 0.416 e. The van der Waals surface area contributed by atoms with Crippen molar-refractivity contribution in [2.75, 3.05) is 19.5 Å². The van der Waals surface area contributed by atoms with Crippen molar-refractivity contribution in [1.29, 1.82) is 0 Å². The fraction of sp³-hybridized carbons (Fsp3) is 0.400. The quantitative estimate of drug-likeness (QED) is 0.312. The average Bonchev–Trinajstić information content (AvgIpc) is 3.18. The highest BCUT2D eigenvalue weighted by molar-refractivity contribution is 6.17. The van der Waals surface area contributed by atoms with Crippen molar-refractivity contribution in [3.63, 3.8) is 0 Å². The number of nitrogens with zero attached hydrogens (tertiary/aromatic N) is 1. The Morgan fingerprint density at radius 3 is 2.73 bits per heavy atom. The summed E-state index contributed by atoms with van der Waals surface area (Å²) in [6, 6.07) is 10.3. The number of carbonyl (C=O) groups is 1. The van der Waals surface area contributed by atoms with E-state index in [1.807, 2.05) is 18.2 Å². The number of methoxy groups -OCH3 is 1. The van der Waals surface area contributed by atoms with E-state index < -0.39 is 17.8 Å². The second kappa shape index (κ2) is 9.67. The molecule has 0 fully saturated rings. The molecule has 1 N–H and O–H groups in total. The van der Waals surface area contributed by atoms with Crippen LogP contribution in [0.1, 0.15) is 54.1 Å². The van der Waals surface area contributed by atoms with Crippen molar-refractivity contribution in [1.82, 2.24) is 9.88 Å². The standard InChI is InChI=1S/C25H26ClF3N2O2/c1-33-18-9-10-21-20(15-18)19-11-13-31(22(32)8-3-2-4-12-26)24(23(19)30-21)16-6-5-7-17(14-16)25(27,28)29/h5-7,9-10,14-15,24,30H,2-4,8,11-13H2,1H3/t24-/m1/s1. The number of unbranched alkanes of at least 4 members (excludes halogenated alkanes) is 2. The number of H-pyrrole nitrogens is 1. The van der Waals surface area contributed by atoms with Crippen LogP contribution in [0.3, 0.4) is 0 Å². The maximum atomic E-state index is 13.5. The molecule has 0 spiro atoms. The van der Waals surface area contributed by atoms with Gasteiger partial charge in [0.15, 0.2) is 0 Å². The number of benzene rings is 2. The molecular weight excluding hydrogens is 453 g/mol. The number of ether oxygens (including phenoxy) is 1. The molecule has 33 heavy (non-hydrogen) atoms. The van der Waals surface area contributed by atoms with Crippen LogP contribution in [-0.4, -0.2) is 35.3 Å². The van der Waals surface area contributed by atoms with Gasteiger partial charge in [-0.2, -0.15) is 13.2 Å². The van der Waals surface area contributed by atoms with Crippen molar-refractivity contribution < 1.29 is 22.7 Å². The molecule has 0 aliphatic carbocycles. The number of fused-ring (bicyclic) bond motifs is 3. The van der Waals surface area contributed by atoms with Gasteiger partial charge in [-0.1, -0.05) is 18.6 Å². The monoisotopic (exact) mass is 478 g/mol. The zero-order valence-corrected chi connectivity index (χ0v) is 19.1. The molecule has 1 atom stereocenters. The lowest BCUT2D eigenvalue weighted by Crippen LogP contribution is -2.40. The molecule has 2 heterocycles. The SMILES string of the molecule is COc1ccc2[nH]c3c(c2c1)CCN(C(=O)CCCCCCl)[C@@H]3c1cccc(C(F)(F)F)c1. The minimum absolute atomic E-state index is 0.0612. The van der Waals surface area contributed by atoms with E-state index in [0.29, 0.717) is 43.0 Å². The maximum absolute atomic E-state index is 13.5. The Morgan fingerprint density at radius 1 is 1.18 bits per heavy atom. The summed E-state index contributed by atoms with van der Waals surface area (Å²) in [5.74, 6) is 1.19. The molecule has 1 aliphatic rings.